The monoisotopic (exact) mass is 380 g/mol. The van der Waals surface area contributed by atoms with Gasteiger partial charge >= 0.3 is 11.9 Å². The smallest absolute Gasteiger partial charge is 0.392 e. The van der Waals surface area contributed by atoms with E-state index in [1.165, 1.54) is 10.6 Å². The summed E-state index contributed by atoms with van der Waals surface area (Å²) in [5, 5.41) is 10.6. The number of nitro groups is 1. The Morgan fingerprint density at radius 2 is 2.15 bits per heavy atom. The fraction of sp³-hybridized carbons (Fsp3) is 0.176. The van der Waals surface area contributed by atoms with Gasteiger partial charge in [0.05, 0.1) is 15.9 Å². The molecule has 0 aliphatic carbocycles. The number of nitrogens with two attached hydrogens (primary N) is 1. The number of carbonyl (C=O) groups is 1. The van der Waals surface area contributed by atoms with E-state index in [0.29, 0.717) is 5.57 Å². The van der Waals surface area contributed by atoms with Crippen LogP contribution in [0.1, 0.15) is 17.3 Å². The van der Waals surface area contributed by atoms with Crippen LogP contribution in [0, 0.1) is 10.1 Å². The molecule has 0 aliphatic heterocycles. The van der Waals surface area contributed by atoms with Crippen LogP contribution in [-0.2, 0) is 6.54 Å². The van der Waals surface area contributed by atoms with Crippen molar-refractivity contribution in [3.8, 4) is 0 Å². The average Bonchev–Trinajstić information content (AvgIpc) is 2.96. The third-order valence-electron chi connectivity index (χ3n) is 3.77. The Morgan fingerprint density at radius 3 is 2.67 bits per heavy atom. The summed E-state index contributed by atoms with van der Waals surface area (Å²) in [6.45, 7) is 5.33. The van der Waals surface area contributed by atoms with Gasteiger partial charge in [-0.15, -0.1) is 0 Å². The van der Waals surface area contributed by atoms with Gasteiger partial charge in [0, 0.05) is 12.7 Å². The number of allylic oxidation sites excluding steroid dienone is 5. The molecule has 2 rings (SSSR count). The molecule has 0 saturated carbocycles. The number of aromatic nitrogens is 2. The number of hydrogen-bond acceptors (Lipinski definition) is 5. The second-order valence-electron chi connectivity index (χ2n) is 5.47. The summed E-state index contributed by atoms with van der Waals surface area (Å²) in [7, 11) is 0. The number of carbonyl (C=O) groups excluding carboxylic acids is 1. The van der Waals surface area contributed by atoms with Crippen LogP contribution in [0.3, 0.4) is 0 Å². The second-order valence-corrected chi connectivity index (χ2v) is 5.47. The minimum atomic E-state index is -5.16. The first-order valence-electron chi connectivity index (χ1n) is 7.59. The summed E-state index contributed by atoms with van der Waals surface area (Å²) in [6.07, 6.45) is 3.20. The highest BCUT2D eigenvalue weighted by atomic mass is 19.4. The highest BCUT2D eigenvalue weighted by Gasteiger charge is 2.42. The van der Waals surface area contributed by atoms with E-state index in [4.69, 9.17) is 5.73 Å². The van der Waals surface area contributed by atoms with Crippen molar-refractivity contribution in [2.24, 2.45) is 0 Å². The number of nitrogen functional groups attached to an aromatic ring is 1. The summed E-state index contributed by atoms with van der Waals surface area (Å²) in [4.78, 5) is 25.9. The first kappa shape index (κ1) is 19.9. The number of hydrogen-bond donors (Lipinski definition) is 1. The molecule has 0 aliphatic rings. The average molecular weight is 380 g/mol. The van der Waals surface area contributed by atoms with Gasteiger partial charge in [-0.3, -0.25) is 14.9 Å². The summed E-state index contributed by atoms with van der Waals surface area (Å²) in [5.74, 6) is -2.15. The molecule has 2 aromatic rings. The van der Waals surface area contributed by atoms with Crippen molar-refractivity contribution in [2.45, 2.75) is 19.6 Å². The standard InChI is InChI=1S/C17H15F3N4O3/c1-3-5-6-10(4-2)8-23-9-11(15(25)17(18,19)20)13-14(21)12(24(26)27)7-22-16(13)23/h3-7,9H,1,8H2,2H3,(H2,21,22)/b6-5-,10-4+. The molecule has 2 N–H and O–H groups in total. The summed E-state index contributed by atoms with van der Waals surface area (Å²) in [6, 6.07) is 0. The molecular weight excluding hydrogens is 365 g/mol. The van der Waals surface area contributed by atoms with E-state index < -0.39 is 39.2 Å². The van der Waals surface area contributed by atoms with Gasteiger partial charge in [-0.05, 0) is 12.5 Å². The van der Waals surface area contributed by atoms with Crippen molar-refractivity contribution in [3.63, 3.8) is 0 Å². The molecule has 2 heterocycles. The molecule has 0 bridgehead atoms. The number of rotatable bonds is 6. The largest absolute Gasteiger partial charge is 0.454 e. The van der Waals surface area contributed by atoms with E-state index in [0.717, 1.165) is 12.4 Å². The lowest BCUT2D eigenvalue weighted by Gasteiger charge is -2.06. The Kier molecular flexibility index (Phi) is 5.48. The maximum Gasteiger partial charge on any atom is 0.454 e. The minimum absolute atomic E-state index is 0.0583. The summed E-state index contributed by atoms with van der Waals surface area (Å²) < 4.78 is 40.2. The zero-order valence-corrected chi connectivity index (χ0v) is 14.2. The van der Waals surface area contributed by atoms with Gasteiger partial charge in [-0.2, -0.15) is 13.2 Å². The second kappa shape index (κ2) is 7.44. The van der Waals surface area contributed by atoms with E-state index in [1.807, 2.05) is 0 Å². The van der Waals surface area contributed by atoms with Crippen LogP contribution in [0.15, 0.2) is 48.8 Å². The molecular formula is C17H15F3N4O3. The van der Waals surface area contributed by atoms with Gasteiger partial charge in [-0.1, -0.05) is 30.9 Å². The van der Waals surface area contributed by atoms with Crippen LogP contribution < -0.4 is 5.73 Å². The lowest BCUT2D eigenvalue weighted by Crippen LogP contribution is -2.22. The Bertz CT molecular complexity index is 987. The predicted molar refractivity (Wildman–Crippen MR) is 94.3 cm³/mol. The van der Waals surface area contributed by atoms with Crippen molar-refractivity contribution in [2.75, 3.05) is 5.73 Å². The lowest BCUT2D eigenvalue weighted by molar-refractivity contribution is -0.384. The Hall–Kier alpha value is -3.43. The van der Waals surface area contributed by atoms with Gasteiger partial charge in [0.1, 0.15) is 17.5 Å². The minimum Gasteiger partial charge on any atom is -0.392 e. The maximum atomic E-state index is 13.0. The number of Topliss-reactive ketones (excluding diaryl/α,β-unsaturated/α-hetero) is 1. The van der Waals surface area contributed by atoms with Crippen LogP contribution >= 0.6 is 0 Å². The van der Waals surface area contributed by atoms with Crippen molar-refractivity contribution in [1.29, 1.82) is 0 Å². The van der Waals surface area contributed by atoms with Crippen LogP contribution in [0.2, 0.25) is 0 Å². The normalized spacial score (nSPS) is 12.7. The zero-order valence-electron chi connectivity index (χ0n) is 14.2. The molecule has 0 fully saturated rings. The molecule has 0 spiro atoms. The number of ketones is 1. The highest BCUT2D eigenvalue weighted by molar-refractivity contribution is 6.14. The Morgan fingerprint density at radius 1 is 1.48 bits per heavy atom. The van der Waals surface area contributed by atoms with Gasteiger partial charge in [0.2, 0.25) is 0 Å². The van der Waals surface area contributed by atoms with E-state index in [-0.39, 0.29) is 12.2 Å². The zero-order chi connectivity index (χ0) is 20.4. The molecule has 27 heavy (non-hydrogen) atoms. The molecule has 10 heteroatoms. The van der Waals surface area contributed by atoms with Crippen molar-refractivity contribution < 1.29 is 22.9 Å². The number of anilines is 1. The summed E-state index contributed by atoms with van der Waals surface area (Å²) in [5.41, 5.74) is 4.34. The van der Waals surface area contributed by atoms with Crippen LogP contribution in [0.4, 0.5) is 24.5 Å². The Balaban J connectivity index is 2.75. The molecule has 0 atom stereocenters. The van der Waals surface area contributed by atoms with E-state index in [2.05, 4.69) is 11.6 Å². The first-order chi connectivity index (χ1) is 12.6. The SMILES string of the molecule is C=C/C=C\C(=C/C)Cn1cc(C(=O)C(F)(F)F)c2c(N)c([N+](=O)[O-])cnc21. The number of halogens is 3. The van der Waals surface area contributed by atoms with Crippen molar-refractivity contribution in [1.82, 2.24) is 9.55 Å². The van der Waals surface area contributed by atoms with Crippen LogP contribution in [0.25, 0.3) is 11.0 Å². The number of pyridine rings is 1. The maximum absolute atomic E-state index is 13.0. The third kappa shape index (κ3) is 3.89. The summed E-state index contributed by atoms with van der Waals surface area (Å²) >= 11 is 0. The first-order valence-corrected chi connectivity index (χ1v) is 7.59. The van der Waals surface area contributed by atoms with E-state index in [9.17, 15) is 28.1 Å². The molecule has 142 valence electrons. The van der Waals surface area contributed by atoms with Crippen LogP contribution in [-0.4, -0.2) is 26.4 Å². The predicted octanol–water partition coefficient (Wildman–Crippen LogP) is 3.96. The number of fused-ring (bicyclic) bond motifs is 1. The molecule has 7 nitrogen and oxygen atoms in total. The van der Waals surface area contributed by atoms with Crippen molar-refractivity contribution >= 4 is 28.2 Å². The molecule has 0 unspecified atom stereocenters. The molecule has 0 amide bonds. The highest BCUT2D eigenvalue weighted by Crippen LogP contribution is 2.35. The van der Waals surface area contributed by atoms with E-state index >= 15 is 0 Å². The van der Waals surface area contributed by atoms with Gasteiger partial charge in [-0.25, -0.2) is 4.98 Å². The van der Waals surface area contributed by atoms with Gasteiger partial charge < -0.3 is 10.3 Å². The lowest BCUT2D eigenvalue weighted by atomic mass is 10.1. The van der Waals surface area contributed by atoms with E-state index in [1.54, 1.807) is 25.2 Å². The topological polar surface area (TPSA) is 104 Å². The quantitative estimate of drug-likeness (QED) is 0.353. The molecule has 0 saturated heterocycles. The number of alkyl halides is 3. The van der Waals surface area contributed by atoms with Gasteiger partial charge in [0.25, 0.3) is 5.78 Å². The molecule has 2 aromatic heterocycles. The van der Waals surface area contributed by atoms with Gasteiger partial charge in [0.15, 0.2) is 0 Å². The number of nitrogens with zero attached hydrogens (tertiary/aromatic N) is 3. The fourth-order valence-electron chi connectivity index (χ4n) is 2.49. The third-order valence-corrected chi connectivity index (χ3v) is 3.77. The molecule has 0 radical (unpaired) electrons. The van der Waals surface area contributed by atoms with Crippen LogP contribution in [0.5, 0.6) is 0 Å². The Labute approximate surface area is 151 Å². The molecule has 0 aromatic carbocycles. The van der Waals surface area contributed by atoms with Crippen molar-refractivity contribution in [3.05, 3.63) is 64.5 Å². The fourth-order valence-corrected chi connectivity index (χ4v) is 2.49.